The van der Waals surface area contributed by atoms with Crippen molar-refractivity contribution in [3.8, 4) is 0 Å². The molecule has 1 fully saturated rings. The molecule has 0 radical (unpaired) electrons. The van der Waals surface area contributed by atoms with Crippen molar-refractivity contribution >= 4 is 10.1 Å². The van der Waals surface area contributed by atoms with Crippen LogP contribution in [0.25, 0.3) is 0 Å². The molecule has 0 unspecified atom stereocenters. The molecule has 0 bridgehead atoms. The summed E-state index contributed by atoms with van der Waals surface area (Å²) in [4.78, 5) is 0. The summed E-state index contributed by atoms with van der Waals surface area (Å²) in [7, 11) is -3.81. The molecule has 25 heavy (non-hydrogen) atoms. The molecule has 0 aromatic heterocycles. The predicted octanol–water partition coefficient (Wildman–Crippen LogP) is 5.19. The summed E-state index contributed by atoms with van der Waals surface area (Å²) in [6.45, 7) is 6.77. The van der Waals surface area contributed by atoms with Crippen molar-refractivity contribution in [2.45, 2.75) is 96.8 Å². The van der Waals surface area contributed by atoms with Crippen molar-refractivity contribution < 1.29 is 17.5 Å². The second kappa shape index (κ2) is 13.1. The van der Waals surface area contributed by atoms with Crippen LogP contribution in [0.3, 0.4) is 0 Å². The van der Waals surface area contributed by atoms with Crippen LogP contribution in [0.4, 0.5) is 0 Å². The van der Waals surface area contributed by atoms with Crippen LogP contribution in [0.5, 0.6) is 0 Å². The van der Waals surface area contributed by atoms with Gasteiger partial charge in [-0.3, -0.25) is 4.55 Å². The van der Waals surface area contributed by atoms with Gasteiger partial charge in [0.05, 0.1) is 31.9 Å². The number of rotatable bonds is 15. The van der Waals surface area contributed by atoms with Crippen LogP contribution in [0.1, 0.15) is 96.8 Å². The largest absolute Gasteiger partial charge is 0.324 e. The van der Waals surface area contributed by atoms with Gasteiger partial charge in [0.25, 0.3) is 10.1 Å². The summed E-state index contributed by atoms with van der Waals surface area (Å²) in [5.41, 5.74) is 0. The monoisotopic (exact) mass is 376 g/mol. The number of hydrogen-bond acceptors (Lipinski definition) is 2. The van der Waals surface area contributed by atoms with Crippen molar-refractivity contribution in [3.05, 3.63) is 0 Å². The average Bonchev–Trinajstić information content (AvgIpc) is 2.56. The Morgan fingerprint density at radius 3 is 1.72 bits per heavy atom. The molecule has 0 aromatic carbocycles. The van der Waals surface area contributed by atoms with Crippen LogP contribution < -0.4 is 0 Å². The zero-order chi connectivity index (χ0) is 18.4. The van der Waals surface area contributed by atoms with E-state index < -0.39 is 10.1 Å². The third kappa shape index (κ3) is 12.0. The van der Waals surface area contributed by atoms with Crippen molar-refractivity contribution in [2.75, 3.05) is 31.9 Å². The first-order valence-corrected chi connectivity index (χ1v) is 12.4. The van der Waals surface area contributed by atoms with Crippen LogP contribution in [0, 0.1) is 0 Å². The van der Waals surface area contributed by atoms with Crippen LogP contribution in [0.2, 0.25) is 0 Å². The number of quaternary nitrogens is 1. The fourth-order valence-corrected chi connectivity index (χ4v) is 4.75. The highest BCUT2D eigenvalue weighted by Crippen LogP contribution is 2.22. The highest BCUT2D eigenvalue weighted by atomic mass is 32.2. The molecule has 0 saturated carbocycles. The second-order valence-electron chi connectivity index (χ2n) is 8.12. The minimum absolute atomic E-state index is 0.0783. The average molecular weight is 377 g/mol. The molecule has 5 heteroatoms. The molecule has 0 amide bonds. The Balaban J connectivity index is 2.14. The van der Waals surface area contributed by atoms with Gasteiger partial charge in [-0.25, -0.2) is 0 Å². The van der Waals surface area contributed by atoms with Crippen LogP contribution in [-0.2, 0) is 10.1 Å². The Morgan fingerprint density at radius 2 is 1.20 bits per heavy atom. The maximum atomic E-state index is 11.0. The molecule has 150 valence electrons. The molecule has 1 aliphatic heterocycles. The fraction of sp³-hybridized carbons (Fsp3) is 1.00. The van der Waals surface area contributed by atoms with E-state index in [2.05, 4.69) is 6.92 Å². The maximum Gasteiger partial charge on any atom is 0.265 e. The Bertz CT molecular complexity index is 417. The van der Waals surface area contributed by atoms with Gasteiger partial charge in [0.15, 0.2) is 0 Å². The lowest BCUT2D eigenvalue weighted by molar-refractivity contribution is -0.932. The Hall–Kier alpha value is -0.130. The maximum absolute atomic E-state index is 11.0. The fourth-order valence-electron chi connectivity index (χ4n) is 4.26. The highest BCUT2D eigenvalue weighted by molar-refractivity contribution is 7.85. The molecule has 4 nitrogen and oxygen atoms in total. The SMILES string of the molecule is CCCCCCCCCCCC[N+]1(CCCS(=O)(=O)O)CCCCC1. The van der Waals surface area contributed by atoms with Crippen molar-refractivity contribution in [1.29, 1.82) is 0 Å². The minimum atomic E-state index is -3.81. The molecular weight excluding hydrogens is 334 g/mol. The van der Waals surface area contributed by atoms with E-state index in [-0.39, 0.29) is 5.75 Å². The van der Waals surface area contributed by atoms with E-state index in [4.69, 9.17) is 4.55 Å². The van der Waals surface area contributed by atoms with E-state index in [1.165, 1.54) is 103 Å². The predicted molar refractivity (Wildman–Crippen MR) is 106 cm³/mol. The number of likely N-dealkylation sites (tertiary alicyclic amines) is 1. The lowest BCUT2D eigenvalue weighted by Crippen LogP contribution is -2.52. The molecule has 1 saturated heterocycles. The van der Waals surface area contributed by atoms with Crippen LogP contribution >= 0.6 is 0 Å². The molecule has 1 N–H and O–H groups in total. The quantitative estimate of drug-likeness (QED) is 0.243. The van der Waals surface area contributed by atoms with E-state index in [1.807, 2.05) is 0 Å². The number of nitrogens with zero attached hydrogens (tertiary/aromatic N) is 1. The van der Waals surface area contributed by atoms with Gasteiger partial charge < -0.3 is 4.48 Å². The summed E-state index contributed by atoms with van der Waals surface area (Å²) < 4.78 is 32.0. The standard InChI is InChI=1S/C20H41NO3S/c1-2-3-4-5-6-7-8-9-10-12-16-21(17-13-11-14-18-21)19-15-20-25(22,23)24/h2-20H2,1H3/p+1. The molecule has 1 heterocycles. The van der Waals surface area contributed by atoms with E-state index in [0.717, 1.165) is 11.0 Å². The lowest BCUT2D eigenvalue weighted by atomic mass is 10.0. The Labute approximate surface area is 156 Å². The first-order chi connectivity index (χ1) is 12.0. The van der Waals surface area contributed by atoms with Gasteiger partial charge in [-0.1, -0.05) is 58.3 Å². The van der Waals surface area contributed by atoms with Gasteiger partial charge in [-0.15, -0.1) is 0 Å². The van der Waals surface area contributed by atoms with E-state index in [1.54, 1.807) is 0 Å². The van der Waals surface area contributed by atoms with Crippen molar-refractivity contribution in [1.82, 2.24) is 0 Å². The summed E-state index contributed by atoms with van der Waals surface area (Å²) in [5.74, 6) is -0.0783. The number of unbranched alkanes of at least 4 members (excludes halogenated alkanes) is 9. The zero-order valence-electron chi connectivity index (χ0n) is 16.6. The van der Waals surface area contributed by atoms with Gasteiger partial charge in [-0.05, 0) is 32.1 Å². The van der Waals surface area contributed by atoms with Crippen molar-refractivity contribution in [2.24, 2.45) is 0 Å². The van der Waals surface area contributed by atoms with Gasteiger partial charge in [0, 0.05) is 6.42 Å². The Kier molecular flexibility index (Phi) is 12.0. The van der Waals surface area contributed by atoms with Crippen molar-refractivity contribution in [3.63, 3.8) is 0 Å². The number of piperidine rings is 1. The van der Waals surface area contributed by atoms with E-state index in [9.17, 15) is 8.42 Å². The summed E-state index contributed by atoms with van der Waals surface area (Å²) in [6.07, 6.45) is 18.0. The third-order valence-electron chi connectivity index (χ3n) is 5.79. The summed E-state index contributed by atoms with van der Waals surface area (Å²) in [5, 5.41) is 0. The van der Waals surface area contributed by atoms with Gasteiger partial charge >= 0.3 is 0 Å². The lowest BCUT2D eigenvalue weighted by Gasteiger charge is -2.42. The molecule has 1 rings (SSSR count). The molecule has 1 aliphatic rings. The smallest absolute Gasteiger partial charge is 0.265 e. The summed E-state index contributed by atoms with van der Waals surface area (Å²) >= 11 is 0. The van der Waals surface area contributed by atoms with Gasteiger partial charge in [0.2, 0.25) is 0 Å². The Morgan fingerprint density at radius 1 is 0.720 bits per heavy atom. The second-order valence-corrected chi connectivity index (χ2v) is 9.69. The highest BCUT2D eigenvalue weighted by Gasteiger charge is 2.29. The molecule has 0 spiro atoms. The topological polar surface area (TPSA) is 54.4 Å². The van der Waals surface area contributed by atoms with E-state index >= 15 is 0 Å². The first-order valence-electron chi connectivity index (χ1n) is 10.8. The normalized spacial score (nSPS) is 17.7. The van der Waals surface area contributed by atoms with E-state index in [0.29, 0.717) is 6.42 Å². The molecular formula is C20H42NO3S+. The van der Waals surface area contributed by atoms with Gasteiger partial charge in [-0.2, -0.15) is 8.42 Å². The molecule has 0 aromatic rings. The minimum Gasteiger partial charge on any atom is -0.324 e. The van der Waals surface area contributed by atoms with Crippen LogP contribution in [0.15, 0.2) is 0 Å². The zero-order valence-corrected chi connectivity index (χ0v) is 17.4. The van der Waals surface area contributed by atoms with Crippen LogP contribution in [-0.4, -0.2) is 49.4 Å². The number of hydrogen-bond donors (Lipinski definition) is 1. The molecule has 0 aliphatic carbocycles. The first kappa shape index (κ1) is 22.9. The summed E-state index contributed by atoms with van der Waals surface area (Å²) in [6, 6.07) is 0. The third-order valence-corrected chi connectivity index (χ3v) is 6.59. The molecule has 0 atom stereocenters. The van der Waals surface area contributed by atoms with Gasteiger partial charge in [0.1, 0.15) is 0 Å².